The molecule has 2 aliphatic heterocycles. The average molecular weight is 310 g/mol. The van der Waals surface area contributed by atoms with Crippen LogP contribution in [-0.4, -0.2) is 18.9 Å². The van der Waals surface area contributed by atoms with Crippen LogP contribution in [-0.2, 0) is 22.7 Å². The van der Waals surface area contributed by atoms with Crippen molar-refractivity contribution in [3.63, 3.8) is 0 Å². The van der Waals surface area contributed by atoms with E-state index in [1.54, 1.807) is 0 Å². The Hall–Kier alpha value is -1.61. The summed E-state index contributed by atoms with van der Waals surface area (Å²) < 4.78 is 24.6. The number of benzene rings is 2. The lowest BCUT2D eigenvalue weighted by atomic mass is 9.93. The van der Waals surface area contributed by atoms with E-state index in [0.717, 1.165) is 25.7 Å². The predicted molar refractivity (Wildman–Crippen MR) is 89.7 cm³/mol. The highest BCUT2D eigenvalue weighted by Crippen LogP contribution is 2.43. The van der Waals surface area contributed by atoms with Gasteiger partial charge >= 0.3 is 0 Å². The van der Waals surface area contributed by atoms with Gasteiger partial charge in [-0.3, -0.25) is 0 Å². The minimum Gasteiger partial charge on any atom is -0.228 e. The Balaban J connectivity index is 1.74. The Morgan fingerprint density at radius 1 is 0.955 bits per heavy atom. The molecule has 2 aromatic carbocycles. The van der Waals surface area contributed by atoms with E-state index >= 15 is 0 Å². The fraction of sp³-hybridized carbons (Fsp3) is 0.368. The summed E-state index contributed by atoms with van der Waals surface area (Å²) in [4.78, 5) is 0. The average Bonchev–Trinajstić information content (AvgIpc) is 2.94. The van der Waals surface area contributed by atoms with Crippen molar-refractivity contribution in [3.05, 3.63) is 53.1 Å². The van der Waals surface area contributed by atoms with Gasteiger partial charge in [-0.2, -0.15) is 0 Å². The molecule has 2 nitrogen and oxygen atoms in total. The maximum absolute atomic E-state index is 12.3. The molecule has 3 heteroatoms. The highest BCUT2D eigenvalue weighted by atomic mass is 32.2. The number of hydrogen-bond donors (Lipinski definition) is 0. The minimum atomic E-state index is -2.90. The van der Waals surface area contributed by atoms with Crippen molar-refractivity contribution in [2.24, 2.45) is 0 Å². The van der Waals surface area contributed by atoms with E-state index in [1.165, 1.54) is 33.0 Å². The Morgan fingerprint density at radius 2 is 1.77 bits per heavy atom. The number of rotatable bonds is 1. The maximum Gasteiger partial charge on any atom is 0.159 e. The van der Waals surface area contributed by atoms with Gasteiger partial charge in [-0.1, -0.05) is 36.4 Å². The van der Waals surface area contributed by atoms with E-state index in [4.69, 9.17) is 0 Å². The maximum atomic E-state index is 12.3. The van der Waals surface area contributed by atoms with Gasteiger partial charge in [-0.15, -0.1) is 0 Å². The molecular formula is C19H18O2S. The van der Waals surface area contributed by atoms with Gasteiger partial charge in [0.05, 0.1) is 10.5 Å². The summed E-state index contributed by atoms with van der Waals surface area (Å²) in [7, 11) is -2.90. The van der Waals surface area contributed by atoms with Gasteiger partial charge < -0.3 is 0 Å². The van der Waals surface area contributed by atoms with Crippen molar-refractivity contribution in [2.75, 3.05) is 0 Å². The molecule has 2 heterocycles. The second kappa shape index (κ2) is 4.23. The number of aryl methyl sites for hydroxylation is 2. The molecule has 1 fully saturated rings. The third-order valence-electron chi connectivity index (χ3n) is 5.72. The van der Waals surface area contributed by atoms with Crippen LogP contribution in [0.3, 0.4) is 0 Å². The van der Waals surface area contributed by atoms with Gasteiger partial charge in [0.2, 0.25) is 0 Å². The van der Waals surface area contributed by atoms with Gasteiger partial charge in [0, 0.05) is 0 Å². The number of sulfone groups is 1. The van der Waals surface area contributed by atoms with Gasteiger partial charge in [0.1, 0.15) is 0 Å². The number of hydrogen-bond acceptors (Lipinski definition) is 2. The smallest absolute Gasteiger partial charge is 0.159 e. The molecule has 0 aromatic heterocycles. The standard InChI is InChI=1S/C19H18O2S/c20-22(21)15-7-8-16(22)11-14(10-15)17-9-6-13-5-4-12-2-1-3-18(17)19(12)13/h1-3,6,9-10,15-16H,4-5,7-8,11H2. The predicted octanol–water partition coefficient (Wildman–Crippen LogP) is 3.67. The zero-order chi connectivity index (χ0) is 14.9. The molecule has 0 saturated carbocycles. The summed E-state index contributed by atoms with van der Waals surface area (Å²) >= 11 is 0. The van der Waals surface area contributed by atoms with E-state index < -0.39 is 9.84 Å². The van der Waals surface area contributed by atoms with Crippen LogP contribution in [0.15, 0.2) is 36.4 Å². The molecular weight excluding hydrogens is 292 g/mol. The molecule has 2 unspecified atom stereocenters. The lowest BCUT2D eigenvalue weighted by molar-refractivity contribution is 0.585. The highest BCUT2D eigenvalue weighted by molar-refractivity contribution is 7.93. The molecule has 2 bridgehead atoms. The zero-order valence-electron chi connectivity index (χ0n) is 12.4. The van der Waals surface area contributed by atoms with Crippen molar-refractivity contribution in [1.29, 1.82) is 0 Å². The van der Waals surface area contributed by atoms with E-state index in [-0.39, 0.29) is 10.5 Å². The first-order chi connectivity index (χ1) is 10.6. The number of fused-ring (bicyclic) bond motifs is 2. The van der Waals surface area contributed by atoms with E-state index in [2.05, 4.69) is 30.3 Å². The van der Waals surface area contributed by atoms with Crippen LogP contribution in [0.2, 0.25) is 0 Å². The molecule has 0 radical (unpaired) electrons. The molecule has 3 aliphatic rings. The fourth-order valence-corrected chi connectivity index (χ4v) is 6.78. The molecule has 0 N–H and O–H groups in total. The largest absolute Gasteiger partial charge is 0.228 e. The summed E-state index contributed by atoms with van der Waals surface area (Å²) in [6, 6.07) is 11.0. The molecule has 0 amide bonds. The monoisotopic (exact) mass is 310 g/mol. The first-order valence-electron chi connectivity index (χ1n) is 8.12. The van der Waals surface area contributed by atoms with Crippen LogP contribution in [0.4, 0.5) is 0 Å². The zero-order valence-corrected chi connectivity index (χ0v) is 13.2. The Bertz CT molecular complexity index is 927. The molecule has 112 valence electrons. The third kappa shape index (κ3) is 1.58. The minimum absolute atomic E-state index is 0.152. The van der Waals surface area contributed by atoms with Crippen molar-refractivity contribution >= 4 is 26.2 Å². The number of allylic oxidation sites excluding steroid dienone is 1. The second-order valence-corrected chi connectivity index (χ2v) is 9.29. The van der Waals surface area contributed by atoms with Gasteiger partial charge in [-0.25, -0.2) is 8.42 Å². The fourth-order valence-electron chi connectivity index (χ4n) is 4.59. The Kier molecular flexibility index (Phi) is 2.48. The van der Waals surface area contributed by atoms with Crippen LogP contribution in [0.1, 0.15) is 36.0 Å². The van der Waals surface area contributed by atoms with Crippen LogP contribution in [0.5, 0.6) is 0 Å². The first-order valence-corrected chi connectivity index (χ1v) is 9.73. The lowest BCUT2D eigenvalue weighted by Gasteiger charge is -2.22. The summed E-state index contributed by atoms with van der Waals surface area (Å²) in [5.74, 6) is 0. The molecule has 1 aliphatic carbocycles. The van der Waals surface area contributed by atoms with E-state index in [9.17, 15) is 8.42 Å². The highest BCUT2D eigenvalue weighted by Gasteiger charge is 2.43. The molecule has 1 saturated heterocycles. The SMILES string of the molecule is O=S1(=O)C2C=C(c3ccc4c5c(cccc35)CC4)CC1CC2. The first kappa shape index (κ1) is 12.9. The van der Waals surface area contributed by atoms with E-state index in [1.807, 2.05) is 6.08 Å². The molecule has 5 rings (SSSR count). The van der Waals surface area contributed by atoms with Gasteiger partial charge in [0.15, 0.2) is 9.84 Å². The Labute approximate surface area is 130 Å². The summed E-state index contributed by atoms with van der Waals surface area (Å²) in [5.41, 5.74) is 5.40. The van der Waals surface area contributed by atoms with Crippen molar-refractivity contribution < 1.29 is 8.42 Å². The van der Waals surface area contributed by atoms with Crippen LogP contribution < -0.4 is 0 Å². The van der Waals surface area contributed by atoms with Crippen LogP contribution in [0.25, 0.3) is 16.3 Å². The topological polar surface area (TPSA) is 34.1 Å². The molecule has 22 heavy (non-hydrogen) atoms. The summed E-state index contributed by atoms with van der Waals surface area (Å²) in [6.07, 6.45) is 6.63. The molecule has 0 spiro atoms. The second-order valence-electron chi connectivity index (χ2n) is 6.83. The quantitative estimate of drug-likeness (QED) is 0.805. The normalized spacial score (nSPS) is 28.1. The Morgan fingerprint density at radius 3 is 2.59 bits per heavy atom. The third-order valence-corrected chi connectivity index (χ3v) is 8.26. The van der Waals surface area contributed by atoms with E-state index in [0.29, 0.717) is 6.42 Å². The van der Waals surface area contributed by atoms with Crippen molar-refractivity contribution in [3.8, 4) is 0 Å². The van der Waals surface area contributed by atoms with Crippen molar-refractivity contribution in [2.45, 2.75) is 42.6 Å². The summed E-state index contributed by atoms with van der Waals surface area (Å²) in [5, 5.41) is 2.34. The lowest BCUT2D eigenvalue weighted by Crippen LogP contribution is -2.26. The van der Waals surface area contributed by atoms with Crippen molar-refractivity contribution in [1.82, 2.24) is 0 Å². The van der Waals surface area contributed by atoms with Gasteiger partial charge in [-0.05, 0) is 65.1 Å². The van der Waals surface area contributed by atoms with Gasteiger partial charge in [0.25, 0.3) is 0 Å². The summed E-state index contributed by atoms with van der Waals surface area (Å²) in [6.45, 7) is 0. The molecule has 2 atom stereocenters. The van der Waals surface area contributed by atoms with Crippen LogP contribution >= 0.6 is 0 Å². The van der Waals surface area contributed by atoms with Crippen LogP contribution in [0, 0.1) is 0 Å². The molecule has 2 aromatic rings.